The van der Waals surface area contributed by atoms with E-state index in [0.717, 1.165) is 0 Å². The molecule has 1 heterocycles. The van der Waals surface area contributed by atoms with Gasteiger partial charge in [0, 0.05) is 18.4 Å². The summed E-state index contributed by atoms with van der Waals surface area (Å²) < 4.78 is 10.5. The maximum Gasteiger partial charge on any atom is 0.407 e. The molecule has 0 radical (unpaired) electrons. The Hall–Kier alpha value is -0.810. The molecule has 2 atom stereocenters. The molecule has 0 aromatic carbocycles. The van der Waals surface area contributed by atoms with Crippen molar-refractivity contribution in [2.45, 2.75) is 26.4 Å². The number of ether oxygens (including phenoxy) is 2. The van der Waals surface area contributed by atoms with Crippen molar-refractivity contribution < 1.29 is 14.3 Å². The standard InChI is InChI=1S/C11H22N2O3/c1-11(2,3)16-10(14)13-5-9-7-15-6-8(9)4-12/h8-9H,4-7,12H2,1-3H3,(H,13,14)/t8-,9+/m0/s1. The summed E-state index contributed by atoms with van der Waals surface area (Å²) >= 11 is 0. The average molecular weight is 230 g/mol. The molecule has 1 fully saturated rings. The Morgan fingerprint density at radius 2 is 2.06 bits per heavy atom. The molecule has 0 aromatic rings. The Labute approximate surface area is 96.7 Å². The number of nitrogens with two attached hydrogens (primary N) is 1. The van der Waals surface area contributed by atoms with Crippen LogP contribution in [-0.2, 0) is 9.47 Å². The fourth-order valence-corrected chi connectivity index (χ4v) is 1.66. The van der Waals surface area contributed by atoms with Crippen LogP contribution in [0.1, 0.15) is 20.8 Å². The van der Waals surface area contributed by atoms with E-state index in [1.165, 1.54) is 0 Å². The van der Waals surface area contributed by atoms with Crippen molar-refractivity contribution >= 4 is 6.09 Å². The molecule has 0 saturated carbocycles. The molecule has 1 aliphatic heterocycles. The minimum absolute atomic E-state index is 0.303. The zero-order valence-corrected chi connectivity index (χ0v) is 10.3. The predicted octanol–water partition coefficient (Wildman–Crippen LogP) is 0.732. The summed E-state index contributed by atoms with van der Waals surface area (Å²) in [6, 6.07) is 0. The minimum Gasteiger partial charge on any atom is -0.444 e. The normalized spacial score (nSPS) is 25.5. The van der Waals surface area contributed by atoms with E-state index in [9.17, 15) is 4.79 Å². The molecular weight excluding hydrogens is 208 g/mol. The van der Waals surface area contributed by atoms with Crippen LogP contribution in [0.4, 0.5) is 4.79 Å². The smallest absolute Gasteiger partial charge is 0.407 e. The summed E-state index contributed by atoms with van der Waals surface area (Å²) in [4.78, 5) is 11.4. The monoisotopic (exact) mass is 230 g/mol. The second-order valence-corrected chi connectivity index (χ2v) is 5.18. The van der Waals surface area contributed by atoms with Crippen LogP contribution in [-0.4, -0.2) is 38.0 Å². The van der Waals surface area contributed by atoms with Crippen molar-refractivity contribution in [3.8, 4) is 0 Å². The van der Waals surface area contributed by atoms with Gasteiger partial charge in [0.1, 0.15) is 5.60 Å². The van der Waals surface area contributed by atoms with E-state index in [1.54, 1.807) is 0 Å². The largest absolute Gasteiger partial charge is 0.444 e. The summed E-state index contributed by atoms with van der Waals surface area (Å²) in [6.07, 6.45) is -0.379. The van der Waals surface area contributed by atoms with E-state index in [4.69, 9.17) is 15.2 Å². The van der Waals surface area contributed by atoms with Gasteiger partial charge >= 0.3 is 6.09 Å². The van der Waals surface area contributed by atoms with Gasteiger partial charge in [-0.05, 0) is 27.3 Å². The topological polar surface area (TPSA) is 73.6 Å². The maximum atomic E-state index is 11.4. The summed E-state index contributed by atoms with van der Waals surface area (Å²) in [7, 11) is 0. The first-order chi connectivity index (χ1) is 7.42. The number of alkyl carbamates (subject to hydrolysis) is 1. The zero-order valence-electron chi connectivity index (χ0n) is 10.3. The molecule has 94 valence electrons. The highest BCUT2D eigenvalue weighted by Crippen LogP contribution is 2.18. The van der Waals surface area contributed by atoms with Gasteiger partial charge in [-0.2, -0.15) is 0 Å². The Morgan fingerprint density at radius 1 is 1.44 bits per heavy atom. The first-order valence-electron chi connectivity index (χ1n) is 5.67. The molecular formula is C11H22N2O3. The quantitative estimate of drug-likeness (QED) is 0.749. The predicted molar refractivity (Wildman–Crippen MR) is 61.1 cm³/mol. The van der Waals surface area contributed by atoms with Gasteiger partial charge in [0.2, 0.25) is 0 Å². The molecule has 1 amide bonds. The molecule has 0 spiro atoms. The molecule has 0 unspecified atom stereocenters. The second kappa shape index (κ2) is 5.50. The number of rotatable bonds is 3. The first-order valence-corrected chi connectivity index (χ1v) is 5.67. The van der Waals surface area contributed by atoms with Crippen molar-refractivity contribution in [3.05, 3.63) is 0 Å². The molecule has 5 nitrogen and oxygen atoms in total. The van der Waals surface area contributed by atoms with Crippen LogP contribution in [0.2, 0.25) is 0 Å². The highest BCUT2D eigenvalue weighted by atomic mass is 16.6. The van der Waals surface area contributed by atoms with Crippen molar-refractivity contribution in [1.82, 2.24) is 5.32 Å². The summed E-state index contributed by atoms with van der Waals surface area (Å²) in [6.45, 7) is 8.04. The van der Waals surface area contributed by atoms with Crippen LogP contribution < -0.4 is 11.1 Å². The van der Waals surface area contributed by atoms with Crippen LogP contribution in [0.25, 0.3) is 0 Å². The highest BCUT2D eigenvalue weighted by molar-refractivity contribution is 5.67. The fourth-order valence-electron chi connectivity index (χ4n) is 1.66. The molecule has 1 saturated heterocycles. The van der Waals surface area contributed by atoms with E-state index >= 15 is 0 Å². The van der Waals surface area contributed by atoms with E-state index in [1.807, 2.05) is 20.8 Å². The molecule has 16 heavy (non-hydrogen) atoms. The van der Waals surface area contributed by atoms with Gasteiger partial charge in [-0.3, -0.25) is 0 Å². The van der Waals surface area contributed by atoms with E-state index in [-0.39, 0.29) is 6.09 Å². The van der Waals surface area contributed by atoms with Crippen molar-refractivity contribution in [2.24, 2.45) is 17.6 Å². The third kappa shape index (κ3) is 4.37. The zero-order chi connectivity index (χ0) is 12.2. The molecule has 3 N–H and O–H groups in total. The Kier molecular flexibility index (Phi) is 4.56. The van der Waals surface area contributed by atoms with Gasteiger partial charge in [-0.1, -0.05) is 0 Å². The molecule has 0 aromatic heterocycles. The number of nitrogens with one attached hydrogen (secondary N) is 1. The summed E-state index contributed by atoms with van der Waals surface area (Å²) in [5.41, 5.74) is 5.15. The third-order valence-corrected chi connectivity index (χ3v) is 2.54. The Bertz CT molecular complexity index is 238. The third-order valence-electron chi connectivity index (χ3n) is 2.54. The lowest BCUT2D eigenvalue weighted by atomic mass is 9.96. The van der Waals surface area contributed by atoms with Crippen LogP contribution >= 0.6 is 0 Å². The van der Waals surface area contributed by atoms with Crippen molar-refractivity contribution in [1.29, 1.82) is 0 Å². The van der Waals surface area contributed by atoms with Gasteiger partial charge in [-0.15, -0.1) is 0 Å². The van der Waals surface area contributed by atoms with Gasteiger partial charge in [-0.25, -0.2) is 4.79 Å². The Balaban J connectivity index is 2.26. The van der Waals surface area contributed by atoms with Crippen LogP contribution in [0.3, 0.4) is 0 Å². The number of carbonyl (C=O) groups excluding carboxylic acids is 1. The van der Waals surface area contributed by atoms with Crippen LogP contribution in [0, 0.1) is 11.8 Å². The van der Waals surface area contributed by atoms with Gasteiger partial charge in [0.25, 0.3) is 0 Å². The van der Waals surface area contributed by atoms with Gasteiger partial charge in [0.05, 0.1) is 13.2 Å². The number of amides is 1. The highest BCUT2D eigenvalue weighted by Gasteiger charge is 2.27. The van der Waals surface area contributed by atoms with Crippen molar-refractivity contribution in [3.63, 3.8) is 0 Å². The second-order valence-electron chi connectivity index (χ2n) is 5.18. The molecule has 5 heteroatoms. The Morgan fingerprint density at radius 3 is 2.62 bits per heavy atom. The number of carbonyl (C=O) groups is 1. The lowest BCUT2D eigenvalue weighted by Gasteiger charge is -2.21. The van der Waals surface area contributed by atoms with Gasteiger partial charge < -0.3 is 20.5 Å². The SMILES string of the molecule is CC(C)(C)OC(=O)NC[C@@H]1COC[C@@H]1CN. The van der Waals surface area contributed by atoms with Gasteiger partial charge in [0.15, 0.2) is 0 Å². The summed E-state index contributed by atoms with van der Waals surface area (Å²) in [5.74, 6) is 0.646. The van der Waals surface area contributed by atoms with E-state index in [2.05, 4.69) is 5.32 Å². The minimum atomic E-state index is -0.455. The van der Waals surface area contributed by atoms with E-state index < -0.39 is 5.60 Å². The summed E-state index contributed by atoms with van der Waals surface area (Å²) in [5, 5.41) is 2.75. The first kappa shape index (κ1) is 13.3. The van der Waals surface area contributed by atoms with Crippen molar-refractivity contribution in [2.75, 3.05) is 26.3 Å². The molecule has 0 bridgehead atoms. The van der Waals surface area contributed by atoms with Crippen LogP contribution in [0.15, 0.2) is 0 Å². The average Bonchev–Trinajstić information content (AvgIpc) is 2.59. The number of hydrogen-bond acceptors (Lipinski definition) is 4. The molecule has 1 aliphatic rings. The fraction of sp³-hybridized carbons (Fsp3) is 0.909. The molecule has 1 rings (SSSR count). The number of hydrogen-bond donors (Lipinski definition) is 2. The van der Waals surface area contributed by atoms with E-state index in [0.29, 0.717) is 38.1 Å². The lowest BCUT2D eigenvalue weighted by Crippen LogP contribution is -2.38. The molecule has 0 aliphatic carbocycles. The van der Waals surface area contributed by atoms with Crippen LogP contribution in [0.5, 0.6) is 0 Å². The maximum absolute atomic E-state index is 11.4. The lowest BCUT2D eigenvalue weighted by molar-refractivity contribution is 0.0515.